The van der Waals surface area contributed by atoms with E-state index in [-0.39, 0.29) is 11.6 Å². The molecule has 138 valence electrons. The minimum atomic E-state index is -4.42. The van der Waals surface area contributed by atoms with Gasteiger partial charge in [-0.2, -0.15) is 18.3 Å². The number of nitrogens with one attached hydrogen (secondary N) is 1. The SMILES string of the molecule is O=C(Nc1ccn(-c2cccc(C(F)(F)F)c2)n1)C1(c2ccccc2)CC1. The van der Waals surface area contributed by atoms with Crippen molar-refractivity contribution in [2.75, 3.05) is 5.32 Å². The Hall–Kier alpha value is -3.09. The molecule has 0 aliphatic heterocycles. The molecule has 0 unspecified atom stereocenters. The average Bonchev–Trinajstić information content (AvgIpc) is 3.35. The van der Waals surface area contributed by atoms with E-state index in [1.807, 2.05) is 30.3 Å². The Bertz CT molecular complexity index is 975. The van der Waals surface area contributed by atoms with Crippen molar-refractivity contribution in [2.24, 2.45) is 0 Å². The first kappa shape index (κ1) is 17.3. The van der Waals surface area contributed by atoms with Crippen LogP contribution >= 0.6 is 0 Å². The van der Waals surface area contributed by atoms with Crippen LogP contribution in [0.15, 0.2) is 66.9 Å². The fraction of sp³-hybridized carbons (Fsp3) is 0.200. The van der Waals surface area contributed by atoms with E-state index < -0.39 is 17.2 Å². The van der Waals surface area contributed by atoms with Gasteiger partial charge in [-0.25, -0.2) is 4.68 Å². The summed E-state index contributed by atoms with van der Waals surface area (Å²) in [6.45, 7) is 0. The van der Waals surface area contributed by atoms with Gasteiger partial charge in [0.25, 0.3) is 0 Å². The van der Waals surface area contributed by atoms with Gasteiger partial charge in [-0.15, -0.1) is 0 Å². The zero-order valence-corrected chi connectivity index (χ0v) is 14.2. The standard InChI is InChI=1S/C20H16F3N3O/c21-20(22,23)15-7-4-8-16(13-15)26-12-9-17(25-26)24-18(27)19(10-11-19)14-5-2-1-3-6-14/h1-9,12-13H,10-11H2,(H,24,25,27). The Kier molecular flexibility index (Phi) is 4.02. The summed E-state index contributed by atoms with van der Waals surface area (Å²) in [5.41, 5.74) is -0.0576. The number of carbonyl (C=O) groups is 1. The Labute approximate surface area is 153 Å². The van der Waals surface area contributed by atoms with Gasteiger partial charge in [0.2, 0.25) is 5.91 Å². The summed E-state index contributed by atoms with van der Waals surface area (Å²) < 4.78 is 39.9. The number of benzene rings is 2. The van der Waals surface area contributed by atoms with Crippen LogP contribution < -0.4 is 5.32 Å². The number of nitrogens with zero attached hydrogens (tertiary/aromatic N) is 2. The third-order valence-corrected chi connectivity index (χ3v) is 4.78. The molecule has 0 spiro atoms. The predicted octanol–water partition coefficient (Wildman–Crippen LogP) is 4.56. The van der Waals surface area contributed by atoms with Crippen molar-refractivity contribution in [2.45, 2.75) is 24.4 Å². The summed E-state index contributed by atoms with van der Waals surface area (Å²) in [5.74, 6) is 0.155. The van der Waals surface area contributed by atoms with E-state index in [2.05, 4.69) is 10.4 Å². The molecule has 1 saturated carbocycles. The lowest BCUT2D eigenvalue weighted by Gasteiger charge is -2.14. The van der Waals surface area contributed by atoms with Gasteiger partial charge in [-0.05, 0) is 36.6 Å². The molecule has 7 heteroatoms. The number of carbonyl (C=O) groups excluding carboxylic acids is 1. The number of rotatable bonds is 4. The van der Waals surface area contributed by atoms with E-state index in [9.17, 15) is 18.0 Å². The molecule has 0 radical (unpaired) electrons. The molecule has 1 amide bonds. The topological polar surface area (TPSA) is 46.9 Å². The quantitative estimate of drug-likeness (QED) is 0.731. The number of hydrogen-bond acceptors (Lipinski definition) is 2. The molecule has 3 aromatic rings. The highest BCUT2D eigenvalue weighted by Gasteiger charge is 2.51. The van der Waals surface area contributed by atoms with Crippen molar-refractivity contribution in [1.82, 2.24) is 9.78 Å². The van der Waals surface area contributed by atoms with E-state index in [0.717, 1.165) is 30.5 Å². The van der Waals surface area contributed by atoms with E-state index in [1.165, 1.54) is 23.0 Å². The first-order valence-corrected chi connectivity index (χ1v) is 8.49. The van der Waals surface area contributed by atoms with Crippen LogP contribution in [0.25, 0.3) is 5.69 Å². The molecular weight excluding hydrogens is 355 g/mol. The highest BCUT2D eigenvalue weighted by Crippen LogP contribution is 2.48. The molecule has 1 fully saturated rings. The average molecular weight is 371 g/mol. The van der Waals surface area contributed by atoms with Crippen LogP contribution in [0.5, 0.6) is 0 Å². The molecule has 0 saturated heterocycles. The molecule has 1 heterocycles. The fourth-order valence-electron chi connectivity index (χ4n) is 3.12. The lowest BCUT2D eigenvalue weighted by Crippen LogP contribution is -2.28. The van der Waals surface area contributed by atoms with Gasteiger partial charge in [0.05, 0.1) is 16.7 Å². The van der Waals surface area contributed by atoms with Crippen LogP contribution in [-0.4, -0.2) is 15.7 Å². The smallest absolute Gasteiger partial charge is 0.308 e. The van der Waals surface area contributed by atoms with Gasteiger partial charge in [0, 0.05) is 12.3 Å². The molecular formula is C20H16F3N3O. The first-order chi connectivity index (χ1) is 12.9. The molecule has 27 heavy (non-hydrogen) atoms. The zero-order chi connectivity index (χ0) is 19.1. The molecule has 1 N–H and O–H groups in total. The van der Waals surface area contributed by atoms with Crippen molar-refractivity contribution in [3.63, 3.8) is 0 Å². The number of amides is 1. The number of aromatic nitrogens is 2. The maximum Gasteiger partial charge on any atom is 0.416 e. The van der Waals surface area contributed by atoms with Crippen LogP contribution in [0.3, 0.4) is 0 Å². The maximum absolute atomic E-state index is 12.9. The van der Waals surface area contributed by atoms with Crippen LogP contribution in [0.2, 0.25) is 0 Å². The number of anilines is 1. The predicted molar refractivity (Wildman–Crippen MR) is 94.5 cm³/mol. The molecule has 0 bridgehead atoms. The van der Waals surface area contributed by atoms with E-state index >= 15 is 0 Å². The van der Waals surface area contributed by atoms with E-state index in [4.69, 9.17) is 0 Å². The van der Waals surface area contributed by atoms with Crippen LogP contribution in [0, 0.1) is 0 Å². The summed E-state index contributed by atoms with van der Waals surface area (Å²) in [6.07, 6.45) is -1.38. The van der Waals surface area contributed by atoms with Crippen LogP contribution in [0.4, 0.5) is 19.0 Å². The Morgan fingerprint density at radius 1 is 1.04 bits per heavy atom. The van der Waals surface area contributed by atoms with Crippen LogP contribution in [-0.2, 0) is 16.4 Å². The number of hydrogen-bond donors (Lipinski definition) is 1. The molecule has 1 aliphatic carbocycles. The summed E-state index contributed by atoms with van der Waals surface area (Å²) in [4.78, 5) is 12.7. The molecule has 2 aromatic carbocycles. The minimum absolute atomic E-state index is 0.150. The third-order valence-electron chi connectivity index (χ3n) is 4.78. The van der Waals surface area contributed by atoms with Gasteiger partial charge in [-0.3, -0.25) is 4.79 Å². The van der Waals surface area contributed by atoms with Crippen molar-refractivity contribution < 1.29 is 18.0 Å². The van der Waals surface area contributed by atoms with Crippen molar-refractivity contribution in [1.29, 1.82) is 0 Å². The summed E-state index contributed by atoms with van der Waals surface area (Å²) in [7, 11) is 0. The van der Waals surface area contributed by atoms with Gasteiger partial charge in [-0.1, -0.05) is 36.4 Å². The maximum atomic E-state index is 12.9. The largest absolute Gasteiger partial charge is 0.416 e. The lowest BCUT2D eigenvalue weighted by atomic mass is 9.95. The summed E-state index contributed by atoms with van der Waals surface area (Å²) in [5, 5.41) is 6.98. The molecule has 4 nitrogen and oxygen atoms in total. The first-order valence-electron chi connectivity index (χ1n) is 8.49. The third kappa shape index (κ3) is 3.32. The second-order valence-corrected chi connectivity index (χ2v) is 6.60. The van der Waals surface area contributed by atoms with Gasteiger partial charge >= 0.3 is 6.18 Å². The zero-order valence-electron chi connectivity index (χ0n) is 14.2. The Balaban J connectivity index is 1.53. The number of alkyl halides is 3. The molecule has 1 aromatic heterocycles. The van der Waals surface area contributed by atoms with Crippen molar-refractivity contribution in [3.05, 3.63) is 78.0 Å². The molecule has 4 rings (SSSR count). The van der Waals surface area contributed by atoms with E-state index in [0.29, 0.717) is 5.82 Å². The Morgan fingerprint density at radius 2 is 1.78 bits per heavy atom. The second kappa shape index (κ2) is 6.26. The van der Waals surface area contributed by atoms with Gasteiger partial charge in [0.15, 0.2) is 5.82 Å². The fourth-order valence-corrected chi connectivity index (χ4v) is 3.12. The Morgan fingerprint density at radius 3 is 2.44 bits per heavy atom. The van der Waals surface area contributed by atoms with Crippen molar-refractivity contribution >= 4 is 11.7 Å². The highest BCUT2D eigenvalue weighted by atomic mass is 19.4. The monoisotopic (exact) mass is 371 g/mol. The summed E-state index contributed by atoms with van der Waals surface area (Å²) in [6, 6.07) is 16.0. The summed E-state index contributed by atoms with van der Waals surface area (Å²) >= 11 is 0. The van der Waals surface area contributed by atoms with E-state index in [1.54, 1.807) is 6.07 Å². The van der Waals surface area contributed by atoms with Crippen molar-refractivity contribution in [3.8, 4) is 5.69 Å². The lowest BCUT2D eigenvalue weighted by molar-refractivity contribution is -0.137. The highest BCUT2D eigenvalue weighted by molar-refractivity contribution is 6.00. The second-order valence-electron chi connectivity index (χ2n) is 6.60. The molecule has 0 atom stereocenters. The van der Waals surface area contributed by atoms with Gasteiger partial charge in [0.1, 0.15) is 0 Å². The molecule has 1 aliphatic rings. The van der Waals surface area contributed by atoms with Gasteiger partial charge < -0.3 is 5.32 Å². The normalized spacial score (nSPS) is 15.4. The minimum Gasteiger partial charge on any atom is -0.308 e. The van der Waals surface area contributed by atoms with Crippen LogP contribution in [0.1, 0.15) is 24.0 Å². The number of halogens is 3.